The van der Waals surface area contributed by atoms with Crippen molar-refractivity contribution in [3.8, 4) is 0 Å². The number of rotatable bonds is 7. The molecule has 0 radical (unpaired) electrons. The Balaban J connectivity index is 2.46. The van der Waals surface area contributed by atoms with Crippen molar-refractivity contribution >= 4 is 23.4 Å². The number of carbonyl (C=O) groups is 2. The average molecular weight is 315 g/mol. The van der Waals surface area contributed by atoms with Crippen LogP contribution in [0.4, 0.5) is 0 Å². The standard InChI is InChI=1S/C14H19ClN2O4/c1-17(8-10(18)9-21-2)13(19)7-16-14(20)11-5-3-4-6-12(11)15/h3-6,10,18H,7-9H2,1-2H3,(H,16,20). The topological polar surface area (TPSA) is 78.9 Å². The maximum absolute atomic E-state index is 11.9. The van der Waals surface area contributed by atoms with E-state index in [2.05, 4.69) is 5.32 Å². The van der Waals surface area contributed by atoms with Crippen molar-refractivity contribution in [3.05, 3.63) is 34.9 Å². The number of aliphatic hydroxyl groups is 1. The minimum Gasteiger partial charge on any atom is -0.389 e. The van der Waals surface area contributed by atoms with Gasteiger partial charge < -0.3 is 20.1 Å². The lowest BCUT2D eigenvalue weighted by molar-refractivity contribution is -0.130. The predicted octanol–water partition coefficient (Wildman–Crippen LogP) is 0.536. The van der Waals surface area contributed by atoms with Gasteiger partial charge in [-0.25, -0.2) is 0 Å². The number of methoxy groups -OCH3 is 1. The highest BCUT2D eigenvalue weighted by Gasteiger charge is 2.15. The van der Waals surface area contributed by atoms with Crippen molar-refractivity contribution in [2.75, 3.05) is 33.9 Å². The Bertz CT molecular complexity index is 496. The summed E-state index contributed by atoms with van der Waals surface area (Å²) in [5, 5.41) is 12.4. The molecule has 0 aliphatic heterocycles. The zero-order valence-corrected chi connectivity index (χ0v) is 12.8. The number of nitrogens with one attached hydrogen (secondary N) is 1. The van der Waals surface area contributed by atoms with Gasteiger partial charge in [0, 0.05) is 20.7 Å². The molecule has 0 aliphatic rings. The van der Waals surface area contributed by atoms with E-state index in [1.807, 2.05) is 0 Å². The van der Waals surface area contributed by atoms with Gasteiger partial charge in [-0.1, -0.05) is 23.7 Å². The van der Waals surface area contributed by atoms with Gasteiger partial charge >= 0.3 is 0 Å². The number of benzene rings is 1. The van der Waals surface area contributed by atoms with Crippen LogP contribution in [0.2, 0.25) is 5.02 Å². The third-order valence-electron chi connectivity index (χ3n) is 2.79. The molecule has 1 unspecified atom stereocenters. The van der Waals surface area contributed by atoms with Gasteiger partial charge in [-0.15, -0.1) is 0 Å². The maximum atomic E-state index is 11.9. The minimum atomic E-state index is -0.761. The summed E-state index contributed by atoms with van der Waals surface area (Å²) in [4.78, 5) is 25.0. The van der Waals surface area contributed by atoms with Crippen molar-refractivity contribution < 1.29 is 19.4 Å². The maximum Gasteiger partial charge on any atom is 0.253 e. The van der Waals surface area contributed by atoms with Crippen LogP contribution in [0.5, 0.6) is 0 Å². The lowest BCUT2D eigenvalue weighted by atomic mass is 10.2. The highest BCUT2D eigenvalue weighted by molar-refractivity contribution is 6.33. The Kier molecular flexibility index (Phi) is 7.14. The molecule has 7 heteroatoms. The van der Waals surface area contributed by atoms with Crippen LogP contribution in [0.3, 0.4) is 0 Å². The third-order valence-corrected chi connectivity index (χ3v) is 3.12. The first-order valence-electron chi connectivity index (χ1n) is 6.39. The summed E-state index contributed by atoms with van der Waals surface area (Å²) >= 11 is 5.90. The highest BCUT2D eigenvalue weighted by atomic mass is 35.5. The first-order valence-corrected chi connectivity index (χ1v) is 6.77. The van der Waals surface area contributed by atoms with Crippen LogP contribution in [-0.2, 0) is 9.53 Å². The number of halogens is 1. The van der Waals surface area contributed by atoms with Gasteiger partial charge in [-0.05, 0) is 12.1 Å². The minimum absolute atomic E-state index is 0.134. The number of hydrogen-bond donors (Lipinski definition) is 2. The van der Waals surface area contributed by atoms with E-state index in [-0.39, 0.29) is 25.6 Å². The molecule has 0 bridgehead atoms. The molecule has 2 N–H and O–H groups in total. The van der Waals surface area contributed by atoms with Crippen LogP contribution in [0, 0.1) is 0 Å². The van der Waals surface area contributed by atoms with Gasteiger partial charge in [-0.3, -0.25) is 9.59 Å². The van der Waals surface area contributed by atoms with Crippen molar-refractivity contribution in [1.29, 1.82) is 0 Å². The molecule has 0 fully saturated rings. The van der Waals surface area contributed by atoms with Crippen LogP contribution < -0.4 is 5.32 Å². The highest BCUT2D eigenvalue weighted by Crippen LogP contribution is 2.14. The van der Waals surface area contributed by atoms with Crippen LogP contribution in [0.1, 0.15) is 10.4 Å². The smallest absolute Gasteiger partial charge is 0.253 e. The third kappa shape index (κ3) is 5.71. The lowest BCUT2D eigenvalue weighted by Gasteiger charge is -2.20. The predicted molar refractivity (Wildman–Crippen MR) is 79.3 cm³/mol. The fourth-order valence-electron chi connectivity index (χ4n) is 1.69. The van der Waals surface area contributed by atoms with Crippen molar-refractivity contribution in [1.82, 2.24) is 10.2 Å². The van der Waals surface area contributed by atoms with Crippen LogP contribution >= 0.6 is 11.6 Å². The van der Waals surface area contributed by atoms with E-state index in [9.17, 15) is 14.7 Å². The van der Waals surface area contributed by atoms with Gasteiger partial charge in [0.05, 0.1) is 29.8 Å². The van der Waals surface area contributed by atoms with Crippen LogP contribution in [-0.4, -0.2) is 61.8 Å². The first-order chi connectivity index (χ1) is 9.95. The summed E-state index contributed by atoms with van der Waals surface area (Å²) in [5.74, 6) is -0.731. The molecule has 1 atom stereocenters. The zero-order chi connectivity index (χ0) is 15.8. The van der Waals surface area contributed by atoms with Gasteiger partial charge in [0.15, 0.2) is 0 Å². The Labute approximate surface area is 128 Å². The largest absolute Gasteiger partial charge is 0.389 e. The van der Waals surface area contributed by atoms with Crippen LogP contribution in [0.15, 0.2) is 24.3 Å². The molecule has 0 saturated carbocycles. The van der Waals surface area contributed by atoms with Gasteiger partial charge in [0.1, 0.15) is 0 Å². The Morgan fingerprint density at radius 2 is 2.10 bits per heavy atom. The summed E-state index contributed by atoms with van der Waals surface area (Å²) in [6, 6.07) is 6.59. The molecular formula is C14H19ClN2O4. The SMILES string of the molecule is COCC(O)CN(C)C(=O)CNC(=O)c1ccccc1Cl. The van der Waals surface area contributed by atoms with E-state index in [0.29, 0.717) is 10.6 Å². The van der Waals surface area contributed by atoms with Crippen molar-refractivity contribution in [2.45, 2.75) is 6.10 Å². The summed E-state index contributed by atoms with van der Waals surface area (Å²) in [5.41, 5.74) is 0.314. The van der Waals surface area contributed by atoms with Crippen molar-refractivity contribution in [3.63, 3.8) is 0 Å². The number of aliphatic hydroxyl groups excluding tert-OH is 1. The van der Waals surface area contributed by atoms with E-state index in [1.165, 1.54) is 12.0 Å². The lowest BCUT2D eigenvalue weighted by Crippen LogP contribution is -2.42. The number of carbonyl (C=O) groups excluding carboxylic acids is 2. The molecule has 21 heavy (non-hydrogen) atoms. The quantitative estimate of drug-likeness (QED) is 0.770. The van der Waals surface area contributed by atoms with Gasteiger partial charge in [0.2, 0.25) is 5.91 Å². The number of ether oxygens (including phenoxy) is 1. The van der Waals surface area contributed by atoms with E-state index >= 15 is 0 Å². The molecule has 0 heterocycles. The van der Waals surface area contributed by atoms with E-state index in [1.54, 1.807) is 31.3 Å². The second-order valence-electron chi connectivity index (χ2n) is 4.55. The molecule has 0 saturated heterocycles. The molecule has 116 valence electrons. The number of likely N-dealkylation sites (N-methyl/N-ethyl adjacent to an activating group) is 1. The van der Waals surface area contributed by atoms with Crippen LogP contribution in [0.25, 0.3) is 0 Å². The molecule has 0 aromatic heterocycles. The molecule has 1 rings (SSSR count). The van der Waals surface area contributed by atoms with E-state index < -0.39 is 12.0 Å². The molecule has 0 aliphatic carbocycles. The molecule has 0 spiro atoms. The fourth-order valence-corrected chi connectivity index (χ4v) is 1.92. The second-order valence-corrected chi connectivity index (χ2v) is 4.95. The second kappa shape index (κ2) is 8.61. The van der Waals surface area contributed by atoms with E-state index in [4.69, 9.17) is 16.3 Å². The Morgan fingerprint density at radius 1 is 1.43 bits per heavy atom. The summed E-state index contributed by atoms with van der Waals surface area (Å²) < 4.78 is 4.78. The van der Waals surface area contributed by atoms with Crippen molar-refractivity contribution in [2.24, 2.45) is 0 Å². The zero-order valence-electron chi connectivity index (χ0n) is 12.0. The number of nitrogens with zero attached hydrogens (tertiary/aromatic N) is 1. The van der Waals surface area contributed by atoms with Gasteiger partial charge in [0.25, 0.3) is 5.91 Å². The summed E-state index contributed by atoms with van der Waals surface area (Å²) in [6.07, 6.45) is -0.761. The first kappa shape index (κ1) is 17.4. The monoisotopic (exact) mass is 314 g/mol. The molecule has 1 aromatic carbocycles. The number of hydrogen-bond acceptors (Lipinski definition) is 4. The summed E-state index contributed by atoms with van der Waals surface area (Å²) in [7, 11) is 3.01. The summed E-state index contributed by atoms with van der Waals surface area (Å²) in [6.45, 7) is 0.110. The molecule has 1 aromatic rings. The molecule has 2 amide bonds. The Morgan fingerprint density at radius 3 is 2.71 bits per heavy atom. The Hall–Kier alpha value is -1.63. The average Bonchev–Trinajstić information content (AvgIpc) is 2.45. The number of amides is 2. The molecular weight excluding hydrogens is 296 g/mol. The van der Waals surface area contributed by atoms with Gasteiger partial charge in [-0.2, -0.15) is 0 Å². The molecule has 6 nitrogen and oxygen atoms in total. The fraction of sp³-hybridized carbons (Fsp3) is 0.429. The normalized spacial score (nSPS) is 11.8. The van der Waals surface area contributed by atoms with E-state index in [0.717, 1.165) is 0 Å².